The number of hydrogen-bond acceptors (Lipinski definition) is 2. The zero-order valence-electron chi connectivity index (χ0n) is 9.28. The van der Waals surface area contributed by atoms with Crippen LogP contribution in [0.2, 0.25) is 0 Å². The van der Waals surface area contributed by atoms with E-state index in [4.69, 9.17) is 5.11 Å². The highest BCUT2D eigenvalue weighted by Gasteiger charge is 2.16. The fourth-order valence-electron chi connectivity index (χ4n) is 1.78. The summed E-state index contributed by atoms with van der Waals surface area (Å²) in [5.74, 6) is -0.887. The second kappa shape index (κ2) is 3.79. The molecule has 1 N–H and O–H groups in total. The quantitative estimate of drug-likeness (QED) is 0.829. The summed E-state index contributed by atoms with van der Waals surface area (Å²) in [5.41, 5.74) is 2.27. The summed E-state index contributed by atoms with van der Waals surface area (Å²) in [4.78, 5) is 12.3. The minimum atomic E-state index is -0.887. The summed E-state index contributed by atoms with van der Waals surface area (Å²) >= 11 is 1.62. The number of carboxylic acids is 1. The van der Waals surface area contributed by atoms with Crippen molar-refractivity contribution >= 4 is 27.5 Å². The molecule has 0 spiro atoms. The fraction of sp³-hybridized carbons (Fsp3) is 0.250. The number of fused-ring (bicyclic) bond motifs is 1. The van der Waals surface area contributed by atoms with E-state index in [1.165, 1.54) is 4.88 Å². The monoisotopic (exact) mass is 235 g/mol. The van der Waals surface area contributed by atoms with Crippen molar-refractivity contribution in [1.82, 2.24) is 4.57 Å². The minimum Gasteiger partial charge on any atom is -0.477 e. The Morgan fingerprint density at radius 3 is 2.81 bits per heavy atom. The van der Waals surface area contributed by atoms with E-state index >= 15 is 0 Å². The van der Waals surface area contributed by atoms with Crippen molar-refractivity contribution in [2.24, 2.45) is 0 Å². The molecule has 0 aliphatic rings. The first kappa shape index (κ1) is 11.0. The third kappa shape index (κ3) is 1.76. The van der Waals surface area contributed by atoms with E-state index in [1.54, 1.807) is 17.4 Å². The molecule has 84 valence electrons. The van der Waals surface area contributed by atoms with Crippen LogP contribution in [-0.4, -0.2) is 15.6 Å². The summed E-state index contributed by atoms with van der Waals surface area (Å²) in [7, 11) is 0. The topological polar surface area (TPSA) is 42.2 Å². The number of hydrogen-bond donors (Lipinski definition) is 1. The number of carbonyl (C=O) groups is 1. The molecule has 0 bridgehead atoms. The first-order valence-electron chi connectivity index (χ1n) is 4.96. The zero-order chi connectivity index (χ0) is 11.9. The van der Waals surface area contributed by atoms with E-state index in [0.717, 1.165) is 15.8 Å². The second-order valence-electron chi connectivity index (χ2n) is 3.98. The molecule has 4 heteroatoms. The van der Waals surface area contributed by atoms with Gasteiger partial charge in [-0.1, -0.05) is 12.2 Å². The van der Waals surface area contributed by atoms with Gasteiger partial charge in [0.1, 0.15) is 5.69 Å². The number of thiophene rings is 1. The van der Waals surface area contributed by atoms with Crippen molar-refractivity contribution in [1.29, 1.82) is 0 Å². The molecule has 0 amide bonds. The van der Waals surface area contributed by atoms with E-state index in [0.29, 0.717) is 12.2 Å². The van der Waals surface area contributed by atoms with Crippen LogP contribution < -0.4 is 0 Å². The molecule has 0 atom stereocenters. The summed E-state index contributed by atoms with van der Waals surface area (Å²) < 4.78 is 2.83. The van der Waals surface area contributed by atoms with Crippen molar-refractivity contribution in [3.63, 3.8) is 0 Å². The summed E-state index contributed by atoms with van der Waals surface area (Å²) in [6.07, 6.45) is 0. The van der Waals surface area contributed by atoms with Gasteiger partial charge >= 0.3 is 5.97 Å². The van der Waals surface area contributed by atoms with Gasteiger partial charge in [0.2, 0.25) is 0 Å². The minimum absolute atomic E-state index is 0.337. The van der Waals surface area contributed by atoms with Crippen LogP contribution in [-0.2, 0) is 6.54 Å². The van der Waals surface area contributed by atoms with Crippen LogP contribution in [0.1, 0.15) is 22.3 Å². The summed E-state index contributed by atoms with van der Waals surface area (Å²) in [6.45, 7) is 8.31. The van der Waals surface area contributed by atoms with Crippen LogP contribution in [0.4, 0.5) is 0 Å². The Morgan fingerprint density at radius 1 is 1.56 bits per heavy atom. The molecule has 16 heavy (non-hydrogen) atoms. The van der Waals surface area contributed by atoms with E-state index in [9.17, 15) is 4.79 Å². The largest absolute Gasteiger partial charge is 0.477 e. The van der Waals surface area contributed by atoms with Gasteiger partial charge in [0, 0.05) is 11.4 Å². The van der Waals surface area contributed by atoms with Gasteiger partial charge in [0.25, 0.3) is 0 Å². The SMILES string of the molecule is C=C(C)Cn1c(C(=O)O)cc2sc(C)cc21. The molecule has 0 saturated carbocycles. The first-order chi connectivity index (χ1) is 7.49. The highest BCUT2D eigenvalue weighted by atomic mass is 32.1. The lowest BCUT2D eigenvalue weighted by molar-refractivity contribution is 0.0686. The first-order valence-corrected chi connectivity index (χ1v) is 5.78. The van der Waals surface area contributed by atoms with Crippen LogP contribution in [0.15, 0.2) is 24.3 Å². The lowest BCUT2D eigenvalue weighted by Crippen LogP contribution is -2.08. The molecule has 3 nitrogen and oxygen atoms in total. The van der Waals surface area contributed by atoms with Crippen LogP contribution in [0.5, 0.6) is 0 Å². The molecule has 0 aliphatic carbocycles. The lowest BCUT2D eigenvalue weighted by Gasteiger charge is -2.06. The van der Waals surface area contributed by atoms with Gasteiger partial charge in [-0.15, -0.1) is 11.3 Å². The van der Waals surface area contributed by atoms with E-state index < -0.39 is 5.97 Å². The maximum Gasteiger partial charge on any atom is 0.352 e. The van der Waals surface area contributed by atoms with E-state index in [2.05, 4.69) is 6.58 Å². The number of aryl methyl sites for hydroxylation is 1. The van der Waals surface area contributed by atoms with Crippen molar-refractivity contribution < 1.29 is 9.90 Å². The molecule has 0 aliphatic heterocycles. The second-order valence-corrected chi connectivity index (χ2v) is 5.27. The molecule has 0 fully saturated rings. The van der Waals surface area contributed by atoms with Gasteiger partial charge in [-0.05, 0) is 26.0 Å². The molecule has 0 radical (unpaired) electrons. The molecule has 0 saturated heterocycles. The van der Waals surface area contributed by atoms with Crippen LogP contribution in [0.25, 0.3) is 10.2 Å². The Hall–Kier alpha value is -1.55. The van der Waals surface area contributed by atoms with Gasteiger partial charge < -0.3 is 9.67 Å². The van der Waals surface area contributed by atoms with Crippen LogP contribution >= 0.6 is 11.3 Å². The Balaban J connectivity index is 2.66. The van der Waals surface area contributed by atoms with Crippen LogP contribution in [0.3, 0.4) is 0 Å². The predicted octanol–water partition coefficient (Wildman–Crippen LogP) is 3.29. The number of aromatic carboxylic acids is 1. The average molecular weight is 235 g/mol. The maximum atomic E-state index is 11.1. The molecule has 2 heterocycles. The zero-order valence-corrected chi connectivity index (χ0v) is 10.1. The standard InChI is InChI=1S/C12H13NO2S/c1-7(2)6-13-9-4-8(3)16-11(9)5-10(13)12(14)15/h4-5H,1,6H2,2-3H3,(H,14,15). The molecular weight excluding hydrogens is 222 g/mol. The third-order valence-electron chi connectivity index (χ3n) is 2.36. The molecular formula is C12H13NO2S. The average Bonchev–Trinajstić information content (AvgIpc) is 2.63. The Kier molecular flexibility index (Phi) is 2.59. The Morgan fingerprint density at radius 2 is 2.25 bits per heavy atom. The van der Waals surface area contributed by atoms with Crippen molar-refractivity contribution in [3.05, 3.63) is 34.9 Å². The maximum absolute atomic E-state index is 11.1. The Labute approximate surface area is 97.6 Å². The lowest BCUT2D eigenvalue weighted by atomic mass is 10.3. The third-order valence-corrected chi connectivity index (χ3v) is 3.35. The van der Waals surface area contributed by atoms with Crippen molar-refractivity contribution in [3.8, 4) is 0 Å². The normalized spacial score (nSPS) is 10.9. The summed E-state index contributed by atoms with van der Waals surface area (Å²) in [6, 6.07) is 3.76. The van der Waals surface area contributed by atoms with Gasteiger partial charge in [0.15, 0.2) is 0 Å². The van der Waals surface area contributed by atoms with Crippen molar-refractivity contribution in [2.45, 2.75) is 20.4 Å². The highest BCUT2D eigenvalue weighted by Crippen LogP contribution is 2.29. The predicted molar refractivity (Wildman–Crippen MR) is 66.3 cm³/mol. The van der Waals surface area contributed by atoms with Crippen LogP contribution in [0, 0.1) is 6.92 Å². The highest BCUT2D eigenvalue weighted by molar-refractivity contribution is 7.19. The van der Waals surface area contributed by atoms with E-state index in [1.807, 2.05) is 24.5 Å². The summed E-state index contributed by atoms with van der Waals surface area (Å²) in [5, 5.41) is 9.12. The van der Waals surface area contributed by atoms with Gasteiger partial charge in [-0.2, -0.15) is 0 Å². The fourth-order valence-corrected chi connectivity index (χ4v) is 2.74. The van der Waals surface area contributed by atoms with E-state index in [-0.39, 0.29) is 0 Å². The van der Waals surface area contributed by atoms with Crippen molar-refractivity contribution in [2.75, 3.05) is 0 Å². The van der Waals surface area contributed by atoms with Gasteiger partial charge in [-0.25, -0.2) is 4.79 Å². The molecule has 0 aromatic carbocycles. The number of nitrogens with zero attached hydrogens (tertiary/aromatic N) is 1. The Bertz CT molecular complexity index is 577. The number of allylic oxidation sites excluding steroid dienone is 1. The molecule has 2 rings (SSSR count). The molecule has 0 unspecified atom stereocenters. The molecule has 2 aromatic heterocycles. The smallest absolute Gasteiger partial charge is 0.352 e. The van der Waals surface area contributed by atoms with Gasteiger partial charge in [0.05, 0.1) is 10.2 Å². The number of rotatable bonds is 3. The van der Waals surface area contributed by atoms with Gasteiger partial charge in [-0.3, -0.25) is 0 Å². The molecule has 2 aromatic rings. The number of carboxylic acid groups (broad SMARTS) is 1. The number of aromatic nitrogens is 1.